The van der Waals surface area contributed by atoms with Gasteiger partial charge in [-0.25, -0.2) is 0 Å². The van der Waals surface area contributed by atoms with Crippen LogP contribution in [0.4, 0.5) is 3.89 Å². The third kappa shape index (κ3) is 2.02. The van der Waals surface area contributed by atoms with Crippen molar-refractivity contribution in [1.29, 1.82) is 0 Å². The maximum Gasteiger partial charge on any atom is 0.303 e. The van der Waals surface area contributed by atoms with Gasteiger partial charge in [-0.3, -0.25) is 0 Å². The van der Waals surface area contributed by atoms with Gasteiger partial charge in [0.05, 0.1) is 18.5 Å². The number of halogens is 1. The highest BCUT2D eigenvalue weighted by Gasteiger charge is 2.44. The average molecular weight is 208 g/mol. The largest absolute Gasteiger partial charge is 0.378 e. The Labute approximate surface area is 77.5 Å². The quantitative estimate of drug-likeness (QED) is 0.641. The molecule has 0 aromatic rings. The van der Waals surface area contributed by atoms with Crippen molar-refractivity contribution in [1.82, 2.24) is 0 Å². The highest BCUT2D eigenvalue weighted by atomic mass is 32.3. The topological polar surface area (TPSA) is 43.4 Å². The van der Waals surface area contributed by atoms with Crippen molar-refractivity contribution in [2.24, 2.45) is 5.41 Å². The number of ether oxygens (including phenoxy) is 1. The molecule has 2 saturated heterocycles. The zero-order valence-electron chi connectivity index (χ0n) is 7.33. The van der Waals surface area contributed by atoms with E-state index >= 15 is 0 Å². The Morgan fingerprint density at radius 2 is 2.00 bits per heavy atom. The Balaban J connectivity index is 2.11. The zero-order valence-corrected chi connectivity index (χ0v) is 8.15. The van der Waals surface area contributed by atoms with Gasteiger partial charge in [0.25, 0.3) is 0 Å². The van der Waals surface area contributed by atoms with E-state index in [1.54, 1.807) is 0 Å². The minimum absolute atomic E-state index is 0.296. The molecule has 0 unspecified atom stereocenters. The SMILES string of the molecule is O=S(=O)(F)CC12CCC(CC1)OC2. The van der Waals surface area contributed by atoms with Gasteiger partial charge in [-0.15, -0.1) is 3.89 Å². The lowest BCUT2D eigenvalue weighted by molar-refractivity contribution is -0.105. The first-order valence-corrected chi connectivity index (χ1v) is 6.08. The first kappa shape index (κ1) is 9.40. The first-order chi connectivity index (χ1) is 5.99. The van der Waals surface area contributed by atoms with E-state index < -0.39 is 15.6 Å². The number of hydrogen-bond acceptors (Lipinski definition) is 3. The highest BCUT2D eigenvalue weighted by Crippen LogP contribution is 2.44. The van der Waals surface area contributed by atoms with Crippen LogP contribution < -0.4 is 0 Å². The summed E-state index contributed by atoms with van der Waals surface area (Å²) in [6.07, 6.45) is 3.65. The third-order valence-electron chi connectivity index (χ3n) is 3.10. The molecule has 2 heterocycles. The second kappa shape index (κ2) is 2.92. The van der Waals surface area contributed by atoms with Gasteiger partial charge in [0, 0.05) is 5.41 Å². The summed E-state index contributed by atoms with van der Waals surface area (Å²) in [5.41, 5.74) is -0.414. The van der Waals surface area contributed by atoms with E-state index in [4.69, 9.17) is 4.74 Å². The third-order valence-corrected chi connectivity index (χ3v) is 4.05. The van der Waals surface area contributed by atoms with Gasteiger partial charge in [0.15, 0.2) is 0 Å². The van der Waals surface area contributed by atoms with Crippen LogP contribution in [0.1, 0.15) is 25.7 Å². The van der Waals surface area contributed by atoms with Crippen LogP contribution in [-0.2, 0) is 15.0 Å². The Kier molecular flexibility index (Phi) is 2.11. The molecule has 0 N–H and O–H groups in total. The van der Waals surface area contributed by atoms with Crippen molar-refractivity contribution >= 4 is 10.2 Å². The van der Waals surface area contributed by atoms with Crippen molar-refractivity contribution in [3.8, 4) is 0 Å². The summed E-state index contributed by atoms with van der Waals surface area (Å²) >= 11 is 0. The predicted octanol–water partition coefficient (Wildman–Crippen LogP) is 1.24. The second-order valence-electron chi connectivity index (χ2n) is 4.19. The Bertz CT molecular complexity index is 277. The summed E-state index contributed by atoms with van der Waals surface area (Å²) in [7, 11) is -4.35. The lowest BCUT2D eigenvalue weighted by Gasteiger charge is -2.45. The van der Waals surface area contributed by atoms with Crippen LogP contribution in [0.5, 0.6) is 0 Å². The van der Waals surface area contributed by atoms with Crippen LogP contribution in [0.3, 0.4) is 0 Å². The molecule has 1 aliphatic carbocycles. The molecule has 5 heteroatoms. The molecule has 1 saturated carbocycles. The molecular weight excluding hydrogens is 195 g/mol. The van der Waals surface area contributed by atoms with Crippen molar-refractivity contribution in [3.63, 3.8) is 0 Å². The fourth-order valence-corrected chi connectivity index (χ4v) is 3.46. The van der Waals surface area contributed by atoms with Gasteiger partial charge in [-0.2, -0.15) is 8.42 Å². The average Bonchev–Trinajstić information content (AvgIpc) is 2.03. The van der Waals surface area contributed by atoms with Gasteiger partial charge in [0.1, 0.15) is 0 Å². The molecule has 76 valence electrons. The van der Waals surface area contributed by atoms with Gasteiger partial charge in [-0.1, -0.05) is 0 Å². The van der Waals surface area contributed by atoms with Crippen molar-refractivity contribution in [2.45, 2.75) is 31.8 Å². The van der Waals surface area contributed by atoms with E-state index in [-0.39, 0.29) is 5.75 Å². The molecule has 0 atom stereocenters. The molecule has 0 spiro atoms. The monoisotopic (exact) mass is 208 g/mol. The van der Waals surface area contributed by atoms with Crippen LogP contribution in [0.2, 0.25) is 0 Å². The number of fused-ring (bicyclic) bond motifs is 3. The minimum Gasteiger partial charge on any atom is -0.378 e. The van der Waals surface area contributed by atoms with E-state index in [0.29, 0.717) is 12.7 Å². The number of rotatable bonds is 2. The van der Waals surface area contributed by atoms with Gasteiger partial charge in [0.2, 0.25) is 0 Å². The summed E-state index contributed by atoms with van der Waals surface area (Å²) in [6.45, 7) is 0.417. The highest BCUT2D eigenvalue weighted by molar-refractivity contribution is 7.86. The van der Waals surface area contributed by atoms with Crippen LogP contribution >= 0.6 is 0 Å². The fraction of sp³-hybridized carbons (Fsp3) is 1.00. The van der Waals surface area contributed by atoms with E-state index in [1.807, 2.05) is 0 Å². The van der Waals surface area contributed by atoms with E-state index in [1.165, 1.54) is 0 Å². The molecule has 0 aromatic carbocycles. The second-order valence-corrected chi connectivity index (χ2v) is 5.56. The lowest BCUT2D eigenvalue weighted by Crippen LogP contribution is -2.45. The summed E-state index contributed by atoms with van der Waals surface area (Å²) in [5.74, 6) is -0.354. The molecule has 3 fully saturated rings. The zero-order chi connectivity index (χ0) is 9.53. The Morgan fingerprint density at radius 1 is 1.38 bits per heavy atom. The van der Waals surface area contributed by atoms with Crippen LogP contribution in [0.15, 0.2) is 0 Å². The molecule has 0 aromatic heterocycles. The molecular formula is C8H13FO3S. The fourth-order valence-electron chi connectivity index (χ4n) is 2.36. The van der Waals surface area contributed by atoms with Crippen molar-refractivity contribution in [3.05, 3.63) is 0 Å². The summed E-state index contributed by atoms with van der Waals surface area (Å²) < 4.78 is 39.1. The predicted molar refractivity (Wildman–Crippen MR) is 45.5 cm³/mol. The van der Waals surface area contributed by atoms with Gasteiger partial charge < -0.3 is 4.74 Å². The normalized spacial score (nSPS) is 39.3. The van der Waals surface area contributed by atoms with Gasteiger partial charge in [-0.05, 0) is 25.7 Å². The molecule has 13 heavy (non-hydrogen) atoms. The first-order valence-electron chi connectivity index (χ1n) is 4.53. The number of hydrogen-bond donors (Lipinski definition) is 0. The summed E-state index contributed by atoms with van der Waals surface area (Å²) in [4.78, 5) is 0. The molecule has 2 bridgehead atoms. The van der Waals surface area contributed by atoms with Crippen LogP contribution in [0, 0.1) is 5.41 Å². The molecule has 0 amide bonds. The molecule has 0 radical (unpaired) electrons. The lowest BCUT2D eigenvalue weighted by atomic mass is 9.73. The van der Waals surface area contributed by atoms with Crippen molar-refractivity contribution in [2.75, 3.05) is 12.4 Å². The van der Waals surface area contributed by atoms with Crippen molar-refractivity contribution < 1.29 is 17.0 Å². The maximum atomic E-state index is 12.5. The molecule has 3 nitrogen and oxygen atoms in total. The molecule has 3 aliphatic rings. The summed E-state index contributed by atoms with van der Waals surface area (Å²) in [5, 5.41) is 0. The summed E-state index contributed by atoms with van der Waals surface area (Å²) in [6, 6.07) is 0. The van der Waals surface area contributed by atoms with E-state index in [2.05, 4.69) is 0 Å². The maximum absolute atomic E-state index is 12.5. The Morgan fingerprint density at radius 3 is 2.38 bits per heavy atom. The minimum atomic E-state index is -4.35. The molecule has 3 rings (SSSR count). The Hall–Kier alpha value is -0.160. The smallest absolute Gasteiger partial charge is 0.303 e. The van der Waals surface area contributed by atoms with E-state index in [0.717, 1.165) is 25.7 Å². The standard InChI is InChI=1S/C8H13FO3S/c9-13(10,11)6-8-3-1-7(2-4-8)12-5-8/h7H,1-6H2. The molecule has 2 aliphatic heterocycles. The van der Waals surface area contributed by atoms with Gasteiger partial charge >= 0.3 is 10.2 Å². The van der Waals surface area contributed by atoms with E-state index in [9.17, 15) is 12.3 Å². The van der Waals surface area contributed by atoms with Crippen LogP contribution in [-0.4, -0.2) is 26.9 Å². The van der Waals surface area contributed by atoms with Crippen LogP contribution in [0.25, 0.3) is 0 Å².